The lowest BCUT2D eigenvalue weighted by molar-refractivity contribution is -0.137. The maximum Gasteiger partial charge on any atom is 0.416 e. The van der Waals surface area contributed by atoms with Gasteiger partial charge in [0.2, 0.25) is 0 Å². The standard InChI is InChI=1S/C19H15F3N2O4S/c20-19(21,22)11-3-5-12(6-4-11)24-18(27)17(26)23-10-13-7-8-15(29-13)16(25)14-2-1-9-28-14/h1-9,16,25H,10H2,(H,23,26)(H,24,27). The number of carbonyl (C=O) groups is 2. The van der Waals surface area contributed by atoms with E-state index in [-0.39, 0.29) is 12.2 Å². The van der Waals surface area contributed by atoms with Crippen LogP contribution in [0.3, 0.4) is 0 Å². The molecule has 6 nitrogen and oxygen atoms in total. The van der Waals surface area contributed by atoms with E-state index in [1.807, 2.05) is 0 Å². The van der Waals surface area contributed by atoms with Crippen molar-refractivity contribution in [1.82, 2.24) is 5.32 Å². The van der Waals surface area contributed by atoms with Crippen molar-refractivity contribution in [3.8, 4) is 0 Å². The third-order valence-electron chi connectivity index (χ3n) is 3.86. The van der Waals surface area contributed by atoms with E-state index in [9.17, 15) is 27.9 Å². The molecule has 2 amide bonds. The molecule has 0 aliphatic carbocycles. The Hall–Kier alpha value is -3.11. The van der Waals surface area contributed by atoms with Crippen LogP contribution in [0, 0.1) is 0 Å². The molecule has 0 fully saturated rings. The number of hydrogen-bond acceptors (Lipinski definition) is 5. The van der Waals surface area contributed by atoms with Gasteiger partial charge in [-0.25, -0.2) is 0 Å². The summed E-state index contributed by atoms with van der Waals surface area (Å²) in [6.07, 6.45) is -3.96. The minimum atomic E-state index is -4.48. The second-order valence-electron chi connectivity index (χ2n) is 5.93. The average Bonchev–Trinajstić information content (AvgIpc) is 3.37. The van der Waals surface area contributed by atoms with Crippen LogP contribution in [0.4, 0.5) is 18.9 Å². The molecule has 3 N–H and O–H groups in total. The molecular formula is C19H15F3N2O4S. The second-order valence-corrected chi connectivity index (χ2v) is 7.13. The summed E-state index contributed by atoms with van der Waals surface area (Å²) in [5, 5.41) is 14.8. The van der Waals surface area contributed by atoms with Gasteiger partial charge in [0, 0.05) is 15.4 Å². The minimum Gasteiger partial charge on any atom is -0.466 e. The molecule has 1 atom stereocenters. The van der Waals surface area contributed by atoms with Gasteiger partial charge in [-0.15, -0.1) is 11.3 Å². The summed E-state index contributed by atoms with van der Waals surface area (Å²) < 4.78 is 42.7. The number of amides is 2. The van der Waals surface area contributed by atoms with Crippen LogP contribution in [-0.4, -0.2) is 16.9 Å². The highest BCUT2D eigenvalue weighted by Crippen LogP contribution is 2.30. The molecule has 29 heavy (non-hydrogen) atoms. The number of halogens is 3. The number of thiophene rings is 1. The topological polar surface area (TPSA) is 91.6 Å². The monoisotopic (exact) mass is 424 g/mol. The van der Waals surface area contributed by atoms with Gasteiger partial charge in [0.15, 0.2) is 0 Å². The molecule has 0 bridgehead atoms. The van der Waals surface area contributed by atoms with E-state index in [0.29, 0.717) is 15.5 Å². The van der Waals surface area contributed by atoms with E-state index in [4.69, 9.17) is 4.42 Å². The van der Waals surface area contributed by atoms with E-state index in [1.54, 1.807) is 24.3 Å². The number of alkyl halides is 3. The lowest BCUT2D eigenvalue weighted by Gasteiger charge is -2.09. The number of rotatable bonds is 5. The van der Waals surface area contributed by atoms with Crippen LogP contribution in [0.15, 0.2) is 59.2 Å². The van der Waals surface area contributed by atoms with Crippen molar-refractivity contribution in [2.24, 2.45) is 0 Å². The summed E-state index contributed by atoms with van der Waals surface area (Å²) in [7, 11) is 0. The number of hydrogen-bond donors (Lipinski definition) is 3. The van der Waals surface area contributed by atoms with Gasteiger partial charge in [-0.2, -0.15) is 13.2 Å². The molecule has 3 aromatic rings. The zero-order valence-corrected chi connectivity index (χ0v) is 15.5. The third-order valence-corrected chi connectivity index (χ3v) is 5.00. The Balaban J connectivity index is 1.52. The van der Waals surface area contributed by atoms with Crippen molar-refractivity contribution in [3.05, 3.63) is 75.9 Å². The Morgan fingerprint density at radius 1 is 1.07 bits per heavy atom. The van der Waals surface area contributed by atoms with Crippen LogP contribution in [0.5, 0.6) is 0 Å². The number of anilines is 1. The Morgan fingerprint density at radius 2 is 1.79 bits per heavy atom. The lowest BCUT2D eigenvalue weighted by atomic mass is 10.2. The largest absolute Gasteiger partial charge is 0.466 e. The Labute approximate surface area is 167 Å². The van der Waals surface area contributed by atoms with Crippen molar-refractivity contribution in [2.75, 3.05) is 5.32 Å². The average molecular weight is 424 g/mol. The van der Waals surface area contributed by atoms with Gasteiger partial charge < -0.3 is 20.2 Å². The maximum atomic E-state index is 12.5. The van der Waals surface area contributed by atoms with E-state index < -0.39 is 29.7 Å². The van der Waals surface area contributed by atoms with Gasteiger partial charge in [0.1, 0.15) is 11.9 Å². The predicted octanol–water partition coefficient (Wildman–Crippen LogP) is 3.70. The first kappa shape index (κ1) is 20.6. The highest BCUT2D eigenvalue weighted by molar-refractivity contribution is 7.12. The third kappa shape index (κ3) is 5.24. The fourth-order valence-electron chi connectivity index (χ4n) is 2.40. The van der Waals surface area contributed by atoms with Crippen LogP contribution < -0.4 is 10.6 Å². The molecule has 0 aliphatic rings. The molecule has 0 saturated heterocycles. The van der Waals surface area contributed by atoms with Crippen molar-refractivity contribution in [2.45, 2.75) is 18.8 Å². The normalized spacial score (nSPS) is 12.4. The number of benzene rings is 1. The number of furan rings is 1. The Morgan fingerprint density at radius 3 is 2.41 bits per heavy atom. The second kappa shape index (κ2) is 8.50. The highest BCUT2D eigenvalue weighted by Gasteiger charge is 2.30. The van der Waals surface area contributed by atoms with E-state index in [0.717, 1.165) is 24.3 Å². The summed E-state index contributed by atoms with van der Waals surface area (Å²) >= 11 is 1.24. The van der Waals surface area contributed by atoms with Crippen LogP contribution in [0.1, 0.15) is 27.2 Å². The molecule has 152 valence electrons. The quantitative estimate of drug-likeness (QED) is 0.545. The van der Waals surface area contributed by atoms with Crippen molar-refractivity contribution in [3.63, 3.8) is 0 Å². The summed E-state index contributed by atoms with van der Waals surface area (Å²) in [4.78, 5) is 25.1. The highest BCUT2D eigenvalue weighted by atomic mass is 32.1. The number of nitrogens with one attached hydrogen (secondary N) is 2. The molecule has 1 unspecified atom stereocenters. The van der Waals surface area contributed by atoms with Gasteiger partial charge in [-0.05, 0) is 48.5 Å². The van der Waals surface area contributed by atoms with Gasteiger partial charge in [-0.3, -0.25) is 9.59 Å². The minimum absolute atomic E-state index is 0.0504. The van der Waals surface area contributed by atoms with E-state index in [1.165, 1.54) is 17.6 Å². The summed E-state index contributed by atoms with van der Waals surface area (Å²) in [6, 6.07) is 10.4. The van der Waals surface area contributed by atoms with E-state index in [2.05, 4.69) is 10.6 Å². The SMILES string of the molecule is O=C(NCc1ccc(C(O)c2ccco2)s1)C(=O)Nc1ccc(C(F)(F)F)cc1. The molecule has 10 heteroatoms. The van der Waals surface area contributed by atoms with Crippen LogP contribution in [0.2, 0.25) is 0 Å². The maximum absolute atomic E-state index is 12.5. The fourth-order valence-corrected chi connectivity index (χ4v) is 3.35. The summed E-state index contributed by atoms with van der Waals surface area (Å²) in [6.45, 7) is 0.0504. The fraction of sp³-hybridized carbons (Fsp3) is 0.158. The zero-order chi connectivity index (χ0) is 21.0. The summed E-state index contributed by atoms with van der Waals surface area (Å²) in [5.74, 6) is -1.55. The number of aliphatic hydroxyl groups excluding tert-OH is 1. The Bertz CT molecular complexity index is 982. The van der Waals surface area contributed by atoms with Crippen molar-refractivity contribution >= 4 is 28.8 Å². The zero-order valence-electron chi connectivity index (χ0n) is 14.7. The molecule has 3 rings (SSSR count). The molecule has 2 aromatic heterocycles. The molecule has 1 aromatic carbocycles. The van der Waals surface area contributed by atoms with E-state index >= 15 is 0 Å². The number of carbonyl (C=O) groups excluding carboxylic acids is 2. The molecule has 0 spiro atoms. The van der Waals surface area contributed by atoms with Gasteiger partial charge >= 0.3 is 18.0 Å². The van der Waals surface area contributed by atoms with Crippen LogP contribution in [0.25, 0.3) is 0 Å². The molecule has 0 saturated carbocycles. The molecule has 2 heterocycles. The van der Waals surface area contributed by atoms with Crippen molar-refractivity contribution < 1.29 is 32.3 Å². The van der Waals surface area contributed by atoms with Crippen LogP contribution >= 0.6 is 11.3 Å². The Kier molecular flexibility index (Phi) is 6.04. The summed E-state index contributed by atoms with van der Waals surface area (Å²) in [5.41, 5.74) is -0.789. The van der Waals surface area contributed by atoms with Gasteiger partial charge in [0.05, 0.1) is 18.4 Å². The lowest BCUT2D eigenvalue weighted by Crippen LogP contribution is -2.34. The first-order chi connectivity index (χ1) is 13.7. The predicted molar refractivity (Wildman–Crippen MR) is 99.0 cm³/mol. The molecular weight excluding hydrogens is 409 g/mol. The van der Waals surface area contributed by atoms with Crippen molar-refractivity contribution in [1.29, 1.82) is 0 Å². The van der Waals surface area contributed by atoms with Gasteiger partial charge in [0.25, 0.3) is 0 Å². The first-order valence-corrected chi connectivity index (χ1v) is 9.12. The first-order valence-electron chi connectivity index (χ1n) is 8.30. The molecule has 0 aliphatic heterocycles. The van der Waals surface area contributed by atoms with Gasteiger partial charge in [-0.1, -0.05) is 0 Å². The number of aliphatic hydroxyl groups is 1. The smallest absolute Gasteiger partial charge is 0.416 e. The van der Waals surface area contributed by atoms with Crippen LogP contribution in [-0.2, 0) is 22.3 Å². The molecule has 0 radical (unpaired) electrons.